The van der Waals surface area contributed by atoms with Gasteiger partial charge in [0.25, 0.3) is 0 Å². The van der Waals surface area contributed by atoms with E-state index in [2.05, 4.69) is 81.4 Å². The minimum absolute atomic E-state index is 0.672. The molecule has 0 heterocycles. The fraction of sp³-hybridized carbons (Fsp3) is 0.586. The van der Waals surface area contributed by atoms with E-state index >= 15 is 0 Å². The third-order valence-electron chi connectivity index (χ3n) is 6.47. The van der Waals surface area contributed by atoms with Crippen LogP contribution in [0.4, 0.5) is 0 Å². The van der Waals surface area contributed by atoms with Gasteiger partial charge in [-0.05, 0) is 29.1 Å². The predicted octanol–water partition coefficient (Wildman–Crippen LogP) is 7.24. The summed E-state index contributed by atoms with van der Waals surface area (Å²) in [7, 11) is -2.72. The van der Waals surface area contributed by atoms with Crippen LogP contribution in [0.15, 0.2) is 60.7 Å². The first-order chi connectivity index (χ1) is 15.7. The van der Waals surface area contributed by atoms with Gasteiger partial charge >= 0.3 is 8.56 Å². The first-order valence-electron chi connectivity index (χ1n) is 13.1. The van der Waals surface area contributed by atoms with Crippen molar-refractivity contribution in [3.05, 3.63) is 60.7 Å². The molecule has 2 aromatic carbocycles. The maximum absolute atomic E-state index is 6.79. The molecule has 0 aliphatic rings. The van der Waals surface area contributed by atoms with Crippen LogP contribution in [0.25, 0.3) is 0 Å². The van der Waals surface area contributed by atoms with Crippen molar-refractivity contribution >= 4 is 18.9 Å². The highest BCUT2D eigenvalue weighted by Crippen LogP contribution is 2.15. The smallest absolute Gasteiger partial charge is 0.388 e. The Balaban J connectivity index is 2.00. The number of unbranched alkanes of at least 4 members (excludes halogenated alkanes) is 8. The Bertz CT molecular complexity index is 649. The van der Waals surface area contributed by atoms with E-state index in [1.165, 1.54) is 68.2 Å². The molecule has 0 N–H and O–H groups in total. The monoisotopic (exact) mass is 454 g/mol. The normalized spacial score (nSPS) is 12.7. The lowest BCUT2D eigenvalue weighted by molar-refractivity contribution is 0.178. The van der Waals surface area contributed by atoms with Gasteiger partial charge in [-0.15, -0.1) is 0 Å². The van der Waals surface area contributed by atoms with E-state index in [1.54, 1.807) is 0 Å². The zero-order valence-corrected chi connectivity index (χ0v) is 21.9. The highest BCUT2D eigenvalue weighted by molar-refractivity contribution is 6.92. The first-order valence-corrected chi connectivity index (χ1v) is 14.9. The van der Waals surface area contributed by atoms with E-state index in [0.717, 1.165) is 26.1 Å². The van der Waals surface area contributed by atoms with Crippen molar-refractivity contribution < 1.29 is 8.85 Å². The highest BCUT2D eigenvalue weighted by atomic mass is 28.4. The van der Waals surface area contributed by atoms with Crippen LogP contribution >= 0.6 is 0 Å². The van der Waals surface area contributed by atoms with Crippen LogP contribution in [0.3, 0.4) is 0 Å². The Kier molecular flexibility index (Phi) is 13.6. The minimum Gasteiger partial charge on any atom is -0.388 e. The lowest BCUT2D eigenvalue weighted by Crippen LogP contribution is -2.63. The van der Waals surface area contributed by atoms with Gasteiger partial charge in [-0.3, -0.25) is 0 Å². The summed E-state index contributed by atoms with van der Waals surface area (Å²) < 4.78 is 13.6. The molecule has 0 bridgehead atoms. The van der Waals surface area contributed by atoms with Gasteiger partial charge in [0.05, 0.1) is 0 Å². The molecule has 32 heavy (non-hydrogen) atoms. The van der Waals surface area contributed by atoms with Crippen LogP contribution in [-0.2, 0) is 8.85 Å². The molecule has 0 saturated carbocycles. The first kappa shape index (κ1) is 26.8. The Labute approximate surface area is 199 Å². The topological polar surface area (TPSA) is 18.5 Å². The lowest BCUT2D eigenvalue weighted by Gasteiger charge is -2.32. The molecule has 2 aromatic rings. The third-order valence-corrected chi connectivity index (χ3v) is 9.88. The standard InChI is InChI=1S/C29H46O2Si/c1-4-6-7-8-9-10-11-12-19-25-30-32(28-20-15-13-16-21-28,29-22-17-14-18-23-29)31-26-24-27(3)5-2/h13-18,20-23,27H,4-12,19,24-26H2,1-3H3. The summed E-state index contributed by atoms with van der Waals surface area (Å²) in [4.78, 5) is 0. The van der Waals surface area contributed by atoms with E-state index in [4.69, 9.17) is 8.85 Å². The molecular formula is C29H46O2Si. The maximum atomic E-state index is 6.79. The molecule has 3 heteroatoms. The lowest BCUT2D eigenvalue weighted by atomic mass is 10.1. The molecule has 2 rings (SSSR count). The summed E-state index contributed by atoms with van der Waals surface area (Å²) >= 11 is 0. The molecule has 0 amide bonds. The van der Waals surface area contributed by atoms with Crippen molar-refractivity contribution in [3.8, 4) is 0 Å². The molecule has 0 aliphatic carbocycles. The van der Waals surface area contributed by atoms with E-state index in [-0.39, 0.29) is 0 Å². The second-order valence-electron chi connectivity index (χ2n) is 9.18. The van der Waals surface area contributed by atoms with Crippen molar-refractivity contribution in [2.75, 3.05) is 13.2 Å². The molecule has 1 atom stereocenters. The van der Waals surface area contributed by atoms with Gasteiger partial charge in [0.15, 0.2) is 0 Å². The molecule has 178 valence electrons. The Morgan fingerprint density at radius 2 is 1.09 bits per heavy atom. The van der Waals surface area contributed by atoms with E-state index in [1.807, 2.05) is 0 Å². The zero-order valence-electron chi connectivity index (χ0n) is 20.9. The Hall–Kier alpha value is -1.42. The molecule has 0 aliphatic heterocycles. The SMILES string of the molecule is CCCCCCCCCCCO[Si](OCCC(C)CC)(c1ccccc1)c1ccccc1. The van der Waals surface area contributed by atoms with Crippen LogP contribution in [0.5, 0.6) is 0 Å². The van der Waals surface area contributed by atoms with Gasteiger partial charge in [-0.2, -0.15) is 0 Å². The molecule has 0 saturated heterocycles. The van der Waals surface area contributed by atoms with Gasteiger partial charge < -0.3 is 8.85 Å². The molecule has 1 unspecified atom stereocenters. The quantitative estimate of drug-likeness (QED) is 0.174. The van der Waals surface area contributed by atoms with Crippen molar-refractivity contribution in [3.63, 3.8) is 0 Å². The third kappa shape index (κ3) is 9.21. The molecule has 2 nitrogen and oxygen atoms in total. The van der Waals surface area contributed by atoms with Crippen molar-refractivity contribution in [1.29, 1.82) is 0 Å². The van der Waals surface area contributed by atoms with Crippen molar-refractivity contribution in [1.82, 2.24) is 0 Å². The van der Waals surface area contributed by atoms with Gasteiger partial charge in [-0.25, -0.2) is 0 Å². The largest absolute Gasteiger partial charge is 0.407 e. The predicted molar refractivity (Wildman–Crippen MR) is 141 cm³/mol. The summed E-state index contributed by atoms with van der Waals surface area (Å²) in [6.45, 7) is 8.37. The van der Waals surface area contributed by atoms with Crippen molar-refractivity contribution in [2.45, 2.75) is 91.4 Å². The summed E-state index contributed by atoms with van der Waals surface area (Å²) in [6, 6.07) is 21.4. The summed E-state index contributed by atoms with van der Waals surface area (Å²) in [5.74, 6) is 0.672. The number of hydrogen-bond donors (Lipinski definition) is 0. The second kappa shape index (κ2) is 16.2. The maximum Gasteiger partial charge on any atom is 0.407 e. The van der Waals surface area contributed by atoms with Crippen LogP contribution in [-0.4, -0.2) is 21.8 Å². The molecule has 0 spiro atoms. The van der Waals surface area contributed by atoms with Gasteiger partial charge in [0.2, 0.25) is 0 Å². The summed E-state index contributed by atoms with van der Waals surface area (Å²) in [6.07, 6.45) is 14.2. The van der Waals surface area contributed by atoms with E-state index in [9.17, 15) is 0 Å². The zero-order chi connectivity index (χ0) is 22.9. The summed E-state index contributed by atoms with van der Waals surface area (Å²) in [5, 5.41) is 2.43. The van der Waals surface area contributed by atoms with Crippen molar-refractivity contribution in [2.24, 2.45) is 5.92 Å². The second-order valence-corrected chi connectivity index (χ2v) is 12.1. The fourth-order valence-electron chi connectivity index (χ4n) is 4.09. The van der Waals surface area contributed by atoms with Crippen LogP contribution in [0.1, 0.15) is 91.4 Å². The van der Waals surface area contributed by atoms with E-state index in [0.29, 0.717) is 5.92 Å². The van der Waals surface area contributed by atoms with Gasteiger partial charge in [0.1, 0.15) is 0 Å². The van der Waals surface area contributed by atoms with Crippen LogP contribution in [0, 0.1) is 5.92 Å². The summed E-state index contributed by atoms with van der Waals surface area (Å²) in [5.41, 5.74) is 0. The van der Waals surface area contributed by atoms with Crippen LogP contribution < -0.4 is 10.4 Å². The molecular weight excluding hydrogens is 408 g/mol. The fourth-order valence-corrected chi connectivity index (χ4v) is 7.28. The number of hydrogen-bond acceptors (Lipinski definition) is 2. The Morgan fingerprint density at radius 1 is 0.625 bits per heavy atom. The molecule has 0 radical (unpaired) electrons. The average molecular weight is 455 g/mol. The minimum atomic E-state index is -2.72. The molecule has 0 aromatic heterocycles. The highest BCUT2D eigenvalue weighted by Gasteiger charge is 2.42. The number of benzene rings is 2. The van der Waals surface area contributed by atoms with Gasteiger partial charge in [0, 0.05) is 13.2 Å². The van der Waals surface area contributed by atoms with Gasteiger partial charge in [-0.1, -0.05) is 139 Å². The Morgan fingerprint density at radius 3 is 1.59 bits per heavy atom. The van der Waals surface area contributed by atoms with E-state index < -0.39 is 8.56 Å². The van der Waals surface area contributed by atoms with Crippen LogP contribution in [0.2, 0.25) is 0 Å². The number of rotatable bonds is 18. The average Bonchev–Trinajstić information content (AvgIpc) is 2.85. The molecule has 0 fully saturated rings.